The normalized spacial score (nSPS) is 11.7. The number of hydrogen-bond donors (Lipinski definition) is 6. The van der Waals surface area contributed by atoms with Crippen molar-refractivity contribution in [3.63, 3.8) is 0 Å². The highest BCUT2D eigenvalue weighted by molar-refractivity contribution is 5.76. The van der Waals surface area contributed by atoms with Gasteiger partial charge in [0.15, 0.2) is 5.96 Å². The number of rotatable bonds is 11. The lowest BCUT2D eigenvalue weighted by molar-refractivity contribution is 0.288. The van der Waals surface area contributed by atoms with Crippen LogP contribution in [0.15, 0.2) is 64.5 Å². The zero-order valence-electron chi connectivity index (χ0n) is 27.8. The molecule has 0 radical (unpaired) electrons. The predicted molar refractivity (Wildman–Crippen MR) is 186 cm³/mol. The maximum absolute atomic E-state index is 12.5. The first-order valence-corrected chi connectivity index (χ1v) is 15.6. The summed E-state index contributed by atoms with van der Waals surface area (Å²) in [6.45, 7) is 16.0. The average Bonchev–Trinajstić information content (AvgIpc) is 3.41. The van der Waals surface area contributed by atoms with Gasteiger partial charge in [-0.3, -0.25) is 9.56 Å². The molecule has 0 bridgehead atoms. The van der Waals surface area contributed by atoms with Gasteiger partial charge in [0.25, 0.3) is 0 Å². The largest absolute Gasteiger partial charge is 0.396 e. The lowest BCUT2D eigenvalue weighted by Gasteiger charge is -2.21. The molecule has 0 aliphatic carbocycles. The number of benzene rings is 2. The van der Waals surface area contributed by atoms with Gasteiger partial charge in [0.05, 0.1) is 5.69 Å². The van der Waals surface area contributed by atoms with Gasteiger partial charge in [-0.25, -0.2) is 4.79 Å². The second-order valence-corrected chi connectivity index (χ2v) is 13.5. The quantitative estimate of drug-likeness (QED) is 0.0835. The van der Waals surface area contributed by atoms with E-state index in [0.717, 1.165) is 54.7 Å². The van der Waals surface area contributed by atoms with Gasteiger partial charge in [0, 0.05) is 48.9 Å². The van der Waals surface area contributed by atoms with Gasteiger partial charge < -0.3 is 32.6 Å². The molecular weight excluding hydrogens is 564 g/mol. The number of aliphatic hydroxyl groups excluding tert-OH is 1. The highest BCUT2D eigenvalue weighted by Crippen LogP contribution is 2.26. The van der Waals surface area contributed by atoms with E-state index in [1.165, 1.54) is 16.7 Å². The molecule has 10 heteroatoms. The van der Waals surface area contributed by atoms with E-state index in [1.807, 2.05) is 30.5 Å². The minimum Gasteiger partial charge on any atom is -0.396 e. The van der Waals surface area contributed by atoms with Gasteiger partial charge in [-0.1, -0.05) is 71.9 Å². The summed E-state index contributed by atoms with van der Waals surface area (Å²) in [5, 5.41) is 13.1. The molecule has 9 N–H and O–H groups in total. The van der Waals surface area contributed by atoms with Crippen LogP contribution in [0.4, 0.5) is 0 Å². The van der Waals surface area contributed by atoms with Crippen molar-refractivity contribution in [3.8, 4) is 5.69 Å². The number of aromatic nitrogens is 3. The molecule has 244 valence electrons. The number of H-pyrrole nitrogens is 1. The predicted octanol–water partition coefficient (Wildman–Crippen LogP) is 4.13. The molecule has 2 aromatic carbocycles. The molecule has 0 aliphatic rings. The summed E-state index contributed by atoms with van der Waals surface area (Å²) in [4.78, 5) is 23.9. The van der Waals surface area contributed by atoms with E-state index in [4.69, 9.17) is 22.3 Å². The minimum atomic E-state index is -0.301. The Kier molecular flexibility index (Phi) is 12.5. The topological polar surface area (TPSA) is 173 Å². The van der Waals surface area contributed by atoms with Crippen LogP contribution in [-0.2, 0) is 30.3 Å². The van der Waals surface area contributed by atoms with E-state index in [0.29, 0.717) is 18.7 Å². The molecule has 4 aromatic rings. The van der Waals surface area contributed by atoms with Gasteiger partial charge in [0.1, 0.15) is 5.65 Å². The van der Waals surface area contributed by atoms with Crippen LogP contribution >= 0.6 is 0 Å². The van der Waals surface area contributed by atoms with Crippen molar-refractivity contribution in [1.82, 2.24) is 19.9 Å². The van der Waals surface area contributed by atoms with Gasteiger partial charge in [-0.15, -0.1) is 0 Å². The third-order valence-corrected chi connectivity index (χ3v) is 7.44. The number of fused-ring (bicyclic) bond motifs is 1. The van der Waals surface area contributed by atoms with Crippen LogP contribution in [0.3, 0.4) is 0 Å². The highest BCUT2D eigenvalue weighted by Gasteiger charge is 2.18. The summed E-state index contributed by atoms with van der Waals surface area (Å²) in [6.07, 6.45) is 4.45. The van der Waals surface area contributed by atoms with Crippen molar-refractivity contribution in [3.05, 3.63) is 93.2 Å². The molecule has 0 atom stereocenters. The molecular formula is C35H52N8O2. The first kappa shape index (κ1) is 35.5. The van der Waals surface area contributed by atoms with Crippen molar-refractivity contribution in [2.24, 2.45) is 22.2 Å². The zero-order valence-corrected chi connectivity index (χ0v) is 27.8. The maximum Gasteiger partial charge on any atom is 0.354 e. The Hall–Kier alpha value is -3.99. The first-order valence-electron chi connectivity index (χ1n) is 15.6. The first-order chi connectivity index (χ1) is 21.2. The second kappa shape index (κ2) is 15.8. The molecule has 2 aromatic heterocycles. The average molecular weight is 617 g/mol. The Bertz CT molecular complexity index is 1600. The van der Waals surface area contributed by atoms with E-state index in [9.17, 15) is 4.79 Å². The molecule has 0 saturated heterocycles. The molecule has 0 spiro atoms. The highest BCUT2D eigenvalue weighted by atomic mass is 16.2. The number of aliphatic hydroxyl groups is 1. The van der Waals surface area contributed by atoms with Crippen LogP contribution in [0, 0.1) is 0 Å². The molecule has 0 aliphatic heterocycles. The van der Waals surface area contributed by atoms with Crippen LogP contribution in [-0.4, -0.2) is 45.3 Å². The van der Waals surface area contributed by atoms with Crippen molar-refractivity contribution >= 4 is 17.0 Å². The molecule has 0 amide bonds. The molecule has 10 nitrogen and oxygen atoms in total. The number of nitrogens with two attached hydrogens (primary N) is 3. The fourth-order valence-corrected chi connectivity index (χ4v) is 4.74. The Labute approximate surface area is 267 Å². The molecule has 4 rings (SSSR count). The smallest absolute Gasteiger partial charge is 0.354 e. The summed E-state index contributed by atoms with van der Waals surface area (Å²) in [5.74, 6) is 0.123. The van der Waals surface area contributed by atoms with E-state index in [1.54, 1.807) is 4.57 Å². The second-order valence-electron chi connectivity index (χ2n) is 13.5. The molecule has 2 heterocycles. The van der Waals surface area contributed by atoms with Crippen LogP contribution in [0.5, 0.6) is 0 Å². The van der Waals surface area contributed by atoms with Crippen molar-refractivity contribution in [1.29, 1.82) is 0 Å². The summed E-state index contributed by atoms with van der Waals surface area (Å²) in [7, 11) is 0. The number of nitrogens with zero attached hydrogens (tertiary/aromatic N) is 3. The van der Waals surface area contributed by atoms with Gasteiger partial charge in [-0.2, -0.15) is 4.98 Å². The number of guanidine groups is 1. The Balaban J connectivity index is 0.000000292. The standard InChI is InChI=1S/C21H29N7O.C14H23NO/c1-21(2,3)17-11-15-13-28(20(29)27-18(15)26-17)16-7-5-14(6-8-16)12-24-9-4-10-25-19(22)23;1-14(2,3)13-8-11(5-4-6-16)7-12(9-13)10-15/h5-8,11,13,24H,4,9-10,12H2,1-3H3,(H4,22,23,25)(H,26,27,29);7-9,16H,4-6,10,15H2,1-3H3. The van der Waals surface area contributed by atoms with Crippen molar-refractivity contribution in [2.75, 3.05) is 19.7 Å². The SMILES string of the molecule is CC(C)(C)c1cc(CN)cc(CCCO)c1.CC(C)(C)c1cc2cn(-c3ccc(CNCCCN=C(N)N)cc3)c(=O)nc2[nH]1. The van der Waals surface area contributed by atoms with Crippen molar-refractivity contribution in [2.45, 2.75) is 84.7 Å². The van der Waals surface area contributed by atoms with Crippen LogP contribution in [0.2, 0.25) is 0 Å². The lowest BCUT2D eigenvalue weighted by atomic mass is 9.84. The maximum atomic E-state index is 12.5. The fraction of sp³-hybridized carbons (Fsp3) is 0.457. The number of aromatic amines is 1. The third-order valence-electron chi connectivity index (χ3n) is 7.44. The number of nitrogens with one attached hydrogen (secondary N) is 2. The summed E-state index contributed by atoms with van der Waals surface area (Å²) in [6, 6.07) is 16.5. The van der Waals surface area contributed by atoms with E-state index >= 15 is 0 Å². The van der Waals surface area contributed by atoms with Crippen LogP contribution in [0.1, 0.15) is 82.3 Å². The third kappa shape index (κ3) is 10.8. The van der Waals surface area contributed by atoms with E-state index < -0.39 is 0 Å². The molecule has 45 heavy (non-hydrogen) atoms. The Morgan fingerprint density at radius 2 is 1.64 bits per heavy atom. The van der Waals surface area contributed by atoms with E-state index in [2.05, 4.69) is 86.1 Å². The summed E-state index contributed by atoms with van der Waals surface area (Å²) >= 11 is 0. The Morgan fingerprint density at radius 3 is 2.24 bits per heavy atom. The number of aliphatic imine (C=N–C) groups is 1. The molecule has 0 fully saturated rings. The van der Waals surface area contributed by atoms with E-state index in [-0.39, 0.29) is 29.1 Å². The molecule has 0 saturated carbocycles. The summed E-state index contributed by atoms with van der Waals surface area (Å²) < 4.78 is 1.58. The van der Waals surface area contributed by atoms with Gasteiger partial charge in [0.2, 0.25) is 0 Å². The van der Waals surface area contributed by atoms with Gasteiger partial charge in [-0.05, 0) is 71.7 Å². The number of aryl methyl sites for hydroxylation is 1. The minimum absolute atomic E-state index is 0.0352. The monoisotopic (exact) mass is 616 g/mol. The lowest BCUT2D eigenvalue weighted by Crippen LogP contribution is -2.23. The zero-order chi connectivity index (χ0) is 33.2. The summed E-state index contributed by atoms with van der Waals surface area (Å²) in [5.41, 5.74) is 23.5. The van der Waals surface area contributed by atoms with Crippen LogP contribution in [0.25, 0.3) is 16.7 Å². The number of hydrogen-bond acceptors (Lipinski definition) is 6. The van der Waals surface area contributed by atoms with Crippen molar-refractivity contribution < 1.29 is 5.11 Å². The fourth-order valence-electron chi connectivity index (χ4n) is 4.74. The Morgan fingerprint density at radius 1 is 0.956 bits per heavy atom. The van der Waals surface area contributed by atoms with Crippen LogP contribution < -0.4 is 28.2 Å². The van der Waals surface area contributed by atoms with Gasteiger partial charge >= 0.3 is 5.69 Å². The molecule has 0 unspecified atom stereocenters.